The van der Waals surface area contributed by atoms with Crippen molar-refractivity contribution in [2.24, 2.45) is 5.73 Å². The second-order valence-electron chi connectivity index (χ2n) is 7.27. The number of carbonyl (C=O) groups is 2. The van der Waals surface area contributed by atoms with Crippen LogP contribution in [0.5, 0.6) is 5.75 Å². The van der Waals surface area contributed by atoms with Gasteiger partial charge in [0.05, 0.1) is 18.5 Å². The average molecular weight is 469 g/mol. The van der Waals surface area contributed by atoms with E-state index in [0.29, 0.717) is 35.0 Å². The summed E-state index contributed by atoms with van der Waals surface area (Å²) in [5.41, 5.74) is 6.72. The molecular weight excluding hydrogens is 447 g/mol. The topological polar surface area (TPSA) is 122 Å². The molecule has 1 aliphatic heterocycles. The first-order valence-electron chi connectivity index (χ1n) is 10.0. The molecule has 3 aromatic rings. The van der Waals surface area contributed by atoms with Gasteiger partial charge in [-0.1, -0.05) is 0 Å². The van der Waals surface area contributed by atoms with Gasteiger partial charge in [0.15, 0.2) is 0 Å². The molecule has 1 fully saturated rings. The van der Waals surface area contributed by atoms with Crippen molar-refractivity contribution in [1.82, 2.24) is 9.97 Å². The van der Waals surface area contributed by atoms with Crippen LogP contribution in [-0.2, 0) is 4.79 Å². The monoisotopic (exact) mass is 468 g/mol. The lowest BCUT2D eigenvalue weighted by Crippen LogP contribution is -2.23. The van der Waals surface area contributed by atoms with E-state index in [1.807, 2.05) is 0 Å². The molecule has 11 heteroatoms. The maximum absolute atomic E-state index is 14.5. The number of aromatic nitrogens is 2. The molecule has 0 bridgehead atoms. The highest BCUT2D eigenvalue weighted by molar-refractivity contribution is 7.80. The van der Waals surface area contributed by atoms with Gasteiger partial charge in [-0.25, -0.2) is 9.37 Å². The summed E-state index contributed by atoms with van der Waals surface area (Å²) in [6, 6.07) is 9.45. The number of nitrogens with two attached hydrogens (primary N) is 1. The van der Waals surface area contributed by atoms with Gasteiger partial charge in [0.2, 0.25) is 11.9 Å². The highest BCUT2D eigenvalue weighted by Gasteiger charge is 2.23. The summed E-state index contributed by atoms with van der Waals surface area (Å²) >= 11 is 4.42. The minimum atomic E-state index is -0.737. The van der Waals surface area contributed by atoms with E-state index in [0.717, 1.165) is 6.42 Å². The van der Waals surface area contributed by atoms with Gasteiger partial charge in [-0.05, 0) is 42.8 Å². The number of halogens is 1. The van der Waals surface area contributed by atoms with Crippen LogP contribution in [0.1, 0.15) is 23.2 Å². The molecule has 0 unspecified atom stereocenters. The molecular formula is C22H21FN6O3S. The number of hydrogen-bond acceptors (Lipinski definition) is 8. The number of amides is 2. The maximum Gasteiger partial charge on any atom is 0.254 e. The molecule has 0 saturated carbocycles. The second kappa shape index (κ2) is 9.33. The molecule has 4 N–H and O–H groups in total. The minimum Gasteiger partial charge on any atom is -0.497 e. The summed E-state index contributed by atoms with van der Waals surface area (Å²) in [7, 11) is 1.54. The normalized spacial score (nSPS) is 13.2. The molecule has 4 rings (SSSR count). The summed E-state index contributed by atoms with van der Waals surface area (Å²) in [4.78, 5) is 34.5. The van der Waals surface area contributed by atoms with E-state index in [1.54, 1.807) is 29.2 Å². The van der Waals surface area contributed by atoms with Gasteiger partial charge in [0, 0.05) is 29.7 Å². The smallest absolute Gasteiger partial charge is 0.254 e. The summed E-state index contributed by atoms with van der Waals surface area (Å²) in [5, 5.41) is 5.82. The van der Waals surface area contributed by atoms with Crippen LogP contribution in [0.4, 0.5) is 33.2 Å². The van der Waals surface area contributed by atoms with E-state index >= 15 is 0 Å². The highest BCUT2D eigenvalue weighted by atomic mass is 32.1. The number of thiol groups is 1. The predicted molar refractivity (Wildman–Crippen MR) is 125 cm³/mol. The second-order valence-corrected chi connectivity index (χ2v) is 7.75. The van der Waals surface area contributed by atoms with Crippen molar-refractivity contribution in [3.05, 3.63) is 54.0 Å². The van der Waals surface area contributed by atoms with Crippen LogP contribution < -0.4 is 26.0 Å². The van der Waals surface area contributed by atoms with Crippen LogP contribution in [0, 0.1) is 5.82 Å². The Kier molecular flexibility index (Phi) is 6.31. The van der Waals surface area contributed by atoms with Gasteiger partial charge in [-0.3, -0.25) is 9.59 Å². The Bertz CT molecular complexity index is 1240. The number of hydrogen-bond donors (Lipinski definition) is 4. The number of anilines is 5. The molecule has 0 spiro atoms. The predicted octanol–water partition coefficient (Wildman–Crippen LogP) is 3.63. The summed E-state index contributed by atoms with van der Waals surface area (Å²) in [6.07, 6.45) is 2.46. The van der Waals surface area contributed by atoms with Crippen LogP contribution in [0.15, 0.2) is 47.5 Å². The van der Waals surface area contributed by atoms with Crippen LogP contribution in [0.25, 0.3) is 0 Å². The zero-order valence-corrected chi connectivity index (χ0v) is 18.5. The Hall–Kier alpha value is -3.86. The molecule has 0 aliphatic carbocycles. The van der Waals surface area contributed by atoms with Crippen molar-refractivity contribution in [2.75, 3.05) is 29.2 Å². The van der Waals surface area contributed by atoms with Crippen molar-refractivity contribution in [3.63, 3.8) is 0 Å². The van der Waals surface area contributed by atoms with E-state index in [-0.39, 0.29) is 28.9 Å². The standard InChI is InChI=1S/C22H21FN6O3S/c1-32-13-5-7-16(18(33)10-13)26-21-14(20(24)31)11-25-22(28-21)27-17-9-12(4-6-15(17)23)29-8-2-3-19(29)30/h4-7,9-11,33H,2-3,8H2,1H3,(H2,24,31)(H2,25,26,27,28). The lowest BCUT2D eigenvalue weighted by molar-refractivity contribution is -0.117. The van der Waals surface area contributed by atoms with Crippen molar-refractivity contribution in [3.8, 4) is 5.75 Å². The van der Waals surface area contributed by atoms with Crippen molar-refractivity contribution in [2.45, 2.75) is 17.7 Å². The molecule has 0 radical (unpaired) electrons. The molecule has 2 aromatic carbocycles. The fraction of sp³-hybridized carbons (Fsp3) is 0.182. The van der Waals surface area contributed by atoms with E-state index in [1.165, 1.54) is 25.4 Å². The molecule has 0 atom stereocenters. The molecule has 1 saturated heterocycles. The average Bonchev–Trinajstić information content (AvgIpc) is 3.22. The highest BCUT2D eigenvalue weighted by Crippen LogP contribution is 2.30. The van der Waals surface area contributed by atoms with Crippen molar-refractivity contribution >= 4 is 53.3 Å². The fourth-order valence-corrected chi connectivity index (χ4v) is 3.67. The van der Waals surface area contributed by atoms with Crippen LogP contribution in [-0.4, -0.2) is 35.4 Å². The van der Waals surface area contributed by atoms with Gasteiger partial charge >= 0.3 is 0 Å². The van der Waals surface area contributed by atoms with Crippen molar-refractivity contribution < 1.29 is 18.7 Å². The van der Waals surface area contributed by atoms with Gasteiger partial charge < -0.3 is 26.0 Å². The number of rotatable bonds is 7. The molecule has 1 aromatic heterocycles. The number of ether oxygens (including phenoxy) is 1. The Balaban J connectivity index is 1.64. The van der Waals surface area contributed by atoms with E-state index in [9.17, 15) is 14.0 Å². The maximum atomic E-state index is 14.5. The van der Waals surface area contributed by atoms with E-state index in [2.05, 4.69) is 33.2 Å². The molecule has 170 valence electrons. The number of methoxy groups -OCH3 is 1. The first-order chi connectivity index (χ1) is 15.9. The lowest BCUT2D eigenvalue weighted by atomic mass is 10.2. The Morgan fingerprint density at radius 3 is 2.70 bits per heavy atom. The lowest BCUT2D eigenvalue weighted by Gasteiger charge is -2.17. The van der Waals surface area contributed by atoms with Crippen LogP contribution in [0.2, 0.25) is 0 Å². The van der Waals surface area contributed by atoms with Crippen molar-refractivity contribution in [1.29, 1.82) is 0 Å². The first kappa shape index (κ1) is 22.3. The van der Waals surface area contributed by atoms with Crippen LogP contribution >= 0.6 is 12.6 Å². The molecule has 33 heavy (non-hydrogen) atoms. The minimum absolute atomic E-state index is 0.0110. The zero-order valence-electron chi connectivity index (χ0n) is 17.6. The number of nitrogens with one attached hydrogen (secondary N) is 2. The number of benzene rings is 2. The molecule has 2 heterocycles. The van der Waals surface area contributed by atoms with Gasteiger partial charge in [0.1, 0.15) is 22.9 Å². The Labute approximate surface area is 194 Å². The fourth-order valence-electron chi connectivity index (χ4n) is 3.41. The quantitative estimate of drug-likeness (QED) is 0.391. The molecule has 1 aliphatic rings. The van der Waals surface area contributed by atoms with Gasteiger partial charge in [-0.2, -0.15) is 4.98 Å². The SMILES string of the molecule is COc1ccc(Nc2nc(Nc3cc(N4CCCC4=O)ccc3F)ncc2C(N)=O)c(S)c1. The third-order valence-electron chi connectivity index (χ3n) is 5.09. The number of primary amides is 1. The van der Waals surface area contributed by atoms with Gasteiger partial charge in [-0.15, -0.1) is 12.6 Å². The Morgan fingerprint density at radius 2 is 2.03 bits per heavy atom. The third-order valence-corrected chi connectivity index (χ3v) is 5.46. The summed E-state index contributed by atoms with van der Waals surface area (Å²) < 4.78 is 19.7. The van der Waals surface area contributed by atoms with E-state index in [4.69, 9.17) is 10.5 Å². The molecule has 2 amide bonds. The Morgan fingerprint density at radius 1 is 1.21 bits per heavy atom. The molecule has 9 nitrogen and oxygen atoms in total. The van der Waals surface area contributed by atoms with Crippen LogP contribution in [0.3, 0.4) is 0 Å². The summed E-state index contributed by atoms with van der Waals surface area (Å²) in [5.74, 6) is -0.540. The number of carbonyl (C=O) groups excluding carboxylic acids is 2. The van der Waals surface area contributed by atoms with Gasteiger partial charge in [0.25, 0.3) is 5.91 Å². The summed E-state index contributed by atoms with van der Waals surface area (Å²) in [6.45, 7) is 0.579. The zero-order chi connectivity index (χ0) is 23.5. The first-order valence-corrected chi connectivity index (χ1v) is 10.5. The van der Waals surface area contributed by atoms with E-state index < -0.39 is 11.7 Å². The third kappa shape index (κ3) is 4.82. The largest absolute Gasteiger partial charge is 0.497 e. The number of nitrogens with zero attached hydrogens (tertiary/aromatic N) is 3.